The molecule has 0 unspecified atom stereocenters. The summed E-state index contributed by atoms with van der Waals surface area (Å²) >= 11 is 0. The first-order valence-electron chi connectivity index (χ1n) is 7.51. The van der Waals surface area contributed by atoms with Crippen molar-refractivity contribution in [2.24, 2.45) is 0 Å². The molecule has 3 aromatic rings. The zero-order chi connectivity index (χ0) is 21.4. The monoisotopic (exact) mass is 488 g/mol. The number of ether oxygens (including phenoxy) is 1. The van der Waals surface area contributed by atoms with Gasteiger partial charge in [-0.2, -0.15) is 0 Å². The smallest absolute Gasteiger partial charge is 0.716 e. The second-order valence-corrected chi connectivity index (χ2v) is 7.45. The van der Waals surface area contributed by atoms with Crippen molar-refractivity contribution in [3.8, 4) is 28.4 Å². The number of hydrogen-bond acceptors (Lipinski definition) is 11. The number of fused-ring (bicyclic) bond motifs is 1. The van der Waals surface area contributed by atoms with Gasteiger partial charge in [0.2, 0.25) is 5.43 Å². The molecule has 15 heteroatoms. The maximum absolute atomic E-state index is 12.8. The minimum absolute atomic E-state index is 0. The van der Waals surface area contributed by atoms with Gasteiger partial charge in [-0.05, 0) is 23.8 Å². The zero-order valence-electron chi connectivity index (χ0n) is 16.3. The molecule has 0 saturated carbocycles. The van der Waals surface area contributed by atoms with Gasteiger partial charge in [0.05, 0.1) is 18.1 Å². The molecule has 0 N–H and O–H groups in total. The molecule has 0 saturated heterocycles. The zero-order valence-corrected chi connectivity index (χ0v) is 22.0. The molecule has 0 aliphatic heterocycles. The maximum Gasteiger partial charge on any atom is 1.00 e. The van der Waals surface area contributed by atoms with Crippen LogP contribution in [0.4, 0.5) is 0 Å². The van der Waals surface area contributed by atoms with E-state index in [1.807, 2.05) is 0 Å². The number of rotatable bonds is 6. The fourth-order valence-electron chi connectivity index (χ4n) is 2.48. The Morgan fingerprint density at radius 2 is 1.45 bits per heavy atom. The van der Waals surface area contributed by atoms with E-state index in [-0.39, 0.29) is 87.1 Å². The van der Waals surface area contributed by atoms with Gasteiger partial charge in [-0.1, -0.05) is 12.1 Å². The van der Waals surface area contributed by atoms with E-state index in [0.29, 0.717) is 5.56 Å². The van der Waals surface area contributed by atoms with E-state index in [9.17, 15) is 30.7 Å². The molecular formula is C16H10Na2O11S2. The molecule has 0 spiro atoms. The van der Waals surface area contributed by atoms with Crippen molar-refractivity contribution < 1.29 is 103 Å². The fourth-order valence-corrected chi connectivity index (χ4v) is 3.18. The molecule has 11 nitrogen and oxygen atoms in total. The third-order valence-corrected chi connectivity index (χ3v) is 4.39. The predicted octanol–water partition coefficient (Wildman–Crippen LogP) is -4.85. The van der Waals surface area contributed by atoms with E-state index in [1.165, 1.54) is 31.4 Å². The number of benzene rings is 2. The summed E-state index contributed by atoms with van der Waals surface area (Å²) < 4.78 is 83.1. The molecule has 0 fully saturated rings. The Bertz CT molecular complexity index is 1350. The van der Waals surface area contributed by atoms with Crippen molar-refractivity contribution in [1.29, 1.82) is 0 Å². The van der Waals surface area contributed by atoms with E-state index >= 15 is 0 Å². The van der Waals surface area contributed by atoms with E-state index in [0.717, 1.165) is 18.4 Å². The second kappa shape index (κ2) is 10.7. The molecule has 0 aliphatic rings. The molecule has 0 aliphatic carbocycles. The molecule has 1 aromatic heterocycles. The number of methoxy groups -OCH3 is 1. The Labute approximate surface area is 220 Å². The van der Waals surface area contributed by atoms with Gasteiger partial charge in [0.25, 0.3) is 20.8 Å². The van der Waals surface area contributed by atoms with Crippen LogP contribution < -0.4 is 77.6 Å². The van der Waals surface area contributed by atoms with Gasteiger partial charge in [-0.3, -0.25) is 4.79 Å². The van der Waals surface area contributed by atoms with Gasteiger partial charge in [0, 0.05) is 6.07 Å². The maximum atomic E-state index is 12.8. The van der Waals surface area contributed by atoms with E-state index in [2.05, 4.69) is 8.37 Å². The SMILES string of the molecule is COc1cc2c(=O)c(-c3ccc(OS(=O)(=O)[O-])cc3)coc2cc1OS(=O)(=O)[O-].[Na+].[Na+]. The van der Waals surface area contributed by atoms with Gasteiger partial charge in [-0.15, -0.1) is 0 Å². The van der Waals surface area contributed by atoms with Crippen molar-refractivity contribution in [2.75, 3.05) is 7.11 Å². The van der Waals surface area contributed by atoms with Crippen LogP contribution in [-0.4, -0.2) is 33.1 Å². The summed E-state index contributed by atoms with van der Waals surface area (Å²) in [6, 6.07) is 7.17. The molecule has 3 rings (SSSR count). The Kier molecular flexibility index (Phi) is 9.59. The Balaban J connectivity index is 0.00000240. The quantitative estimate of drug-likeness (QED) is 0.185. The van der Waals surface area contributed by atoms with Gasteiger partial charge >= 0.3 is 59.1 Å². The average Bonchev–Trinajstić information content (AvgIpc) is 2.60. The third kappa shape index (κ3) is 7.18. The van der Waals surface area contributed by atoms with E-state index < -0.39 is 32.0 Å². The Morgan fingerprint density at radius 3 is 1.97 bits per heavy atom. The van der Waals surface area contributed by atoms with Gasteiger partial charge in [0.15, 0.2) is 11.5 Å². The fraction of sp³-hybridized carbons (Fsp3) is 0.0625. The minimum Gasteiger partial charge on any atom is -0.716 e. The van der Waals surface area contributed by atoms with Crippen LogP contribution in [0, 0.1) is 0 Å². The summed E-state index contributed by atoms with van der Waals surface area (Å²) in [6.45, 7) is 0. The van der Waals surface area contributed by atoms with Crippen molar-refractivity contribution in [2.45, 2.75) is 0 Å². The second-order valence-electron chi connectivity index (χ2n) is 5.49. The minimum atomic E-state index is -5.08. The van der Waals surface area contributed by atoms with Crippen LogP contribution >= 0.6 is 0 Å². The van der Waals surface area contributed by atoms with E-state index in [4.69, 9.17) is 9.15 Å². The molecule has 0 bridgehead atoms. The van der Waals surface area contributed by atoms with Crippen LogP contribution in [0.1, 0.15) is 0 Å². The summed E-state index contributed by atoms with van der Waals surface area (Å²) in [5.74, 6) is -0.881. The molecule has 1 heterocycles. The summed E-state index contributed by atoms with van der Waals surface area (Å²) in [6.07, 6.45) is 1.08. The van der Waals surface area contributed by atoms with Crippen LogP contribution in [0.2, 0.25) is 0 Å². The normalized spacial score (nSPS) is 11.2. The van der Waals surface area contributed by atoms with Crippen LogP contribution in [0.25, 0.3) is 22.1 Å². The summed E-state index contributed by atoms with van der Waals surface area (Å²) in [5, 5.41) is -0.00235. The van der Waals surface area contributed by atoms with Gasteiger partial charge in [-0.25, -0.2) is 16.8 Å². The van der Waals surface area contributed by atoms with Crippen LogP contribution in [0.5, 0.6) is 17.2 Å². The molecule has 2 aromatic carbocycles. The largest absolute Gasteiger partial charge is 1.00 e. The predicted molar refractivity (Wildman–Crippen MR) is 95.1 cm³/mol. The average molecular weight is 488 g/mol. The molecule has 31 heavy (non-hydrogen) atoms. The molecule has 0 radical (unpaired) electrons. The van der Waals surface area contributed by atoms with Crippen LogP contribution in [0.15, 0.2) is 51.9 Å². The molecule has 0 amide bonds. The molecular weight excluding hydrogens is 478 g/mol. The Hall–Kier alpha value is -1.13. The standard InChI is InChI=1S/C16H12O11S2.2Na/c1-24-14-6-11-13(7-15(14)27-29(21,22)23)25-8-12(16(11)17)9-2-4-10(5-3-9)26-28(18,19)20;;/h2-8H,1H3,(H,18,19,20)(H,21,22,23);;/q;2*+1/p-2. The van der Waals surface area contributed by atoms with Crippen molar-refractivity contribution in [1.82, 2.24) is 0 Å². The first-order valence-corrected chi connectivity index (χ1v) is 10.2. The van der Waals surface area contributed by atoms with Crippen molar-refractivity contribution in [3.63, 3.8) is 0 Å². The summed E-state index contributed by atoms with van der Waals surface area (Å²) in [4.78, 5) is 12.8. The Morgan fingerprint density at radius 1 is 0.871 bits per heavy atom. The van der Waals surface area contributed by atoms with Gasteiger partial charge in [0.1, 0.15) is 17.6 Å². The number of hydrogen-bond donors (Lipinski definition) is 0. The van der Waals surface area contributed by atoms with Crippen LogP contribution in [-0.2, 0) is 20.8 Å². The van der Waals surface area contributed by atoms with Crippen molar-refractivity contribution >= 4 is 31.8 Å². The molecule has 0 atom stereocenters. The first-order chi connectivity index (χ1) is 13.5. The van der Waals surface area contributed by atoms with Crippen LogP contribution in [0.3, 0.4) is 0 Å². The van der Waals surface area contributed by atoms with E-state index in [1.54, 1.807) is 0 Å². The summed E-state index contributed by atoms with van der Waals surface area (Å²) in [7, 11) is -8.84. The first kappa shape index (κ1) is 27.9. The topological polar surface area (TPSA) is 172 Å². The van der Waals surface area contributed by atoms with Crippen molar-refractivity contribution in [3.05, 3.63) is 52.9 Å². The molecule has 154 valence electrons. The van der Waals surface area contributed by atoms with Gasteiger partial charge < -0.3 is 26.6 Å². The third-order valence-electron chi connectivity index (χ3n) is 3.61. The summed E-state index contributed by atoms with van der Waals surface area (Å²) in [5.41, 5.74) is -0.222.